The highest BCUT2D eigenvalue weighted by atomic mass is 35.5. The fourth-order valence-corrected chi connectivity index (χ4v) is 3.26. The van der Waals surface area contributed by atoms with Crippen LogP contribution in [0.15, 0.2) is 58.2 Å². The summed E-state index contributed by atoms with van der Waals surface area (Å²) in [5.74, 6) is -0.417. The molecule has 3 rings (SSSR count). The maximum atomic E-state index is 12.4. The number of halogens is 1. The van der Waals surface area contributed by atoms with Crippen LogP contribution in [0, 0.1) is 0 Å². The minimum absolute atomic E-state index is 0.0197. The molecule has 0 bridgehead atoms. The molecule has 29 heavy (non-hydrogen) atoms. The zero-order chi connectivity index (χ0) is 21.0. The number of tetrazole rings is 1. The van der Waals surface area contributed by atoms with E-state index in [0.717, 1.165) is 14.9 Å². The summed E-state index contributed by atoms with van der Waals surface area (Å²) in [5, 5.41) is 15.5. The number of carbonyl (C=O) groups excluding carboxylic acids is 1. The number of nitrogens with zero attached hydrogens (tertiary/aromatic N) is 4. The SMILES string of the molecule is NS(=O)(=O)c1ccc(CCNC(=O)Cn2nnn(-c3ccccc3Cl)c2=O)cc1. The minimum Gasteiger partial charge on any atom is -0.354 e. The average Bonchev–Trinajstić information content (AvgIpc) is 3.02. The zero-order valence-electron chi connectivity index (χ0n) is 15.0. The van der Waals surface area contributed by atoms with Gasteiger partial charge in [-0.25, -0.2) is 18.4 Å². The Labute approximate surface area is 170 Å². The van der Waals surface area contributed by atoms with Crippen molar-refractivity contribution >= 4 is 27.5 Å². The number of carbonyl (C=O) groups is 1. The summed E-state index contributed by atoms with van der Waals surface area (Å²) in [6.45, 7) is -0.00536. The van der Waals surface area contributed by atoms with Crippen molar-refractivity contribution in [2.45, 2.75) is 17.9 Å². The highest BCUT2D eigenvalue weighted by Gasteiger charge is 2.14. The first-order valence-corrected chi connectivity index (χ1v) is 10.3. The van der Waals surface area contributed by atoms with Crippen LogP contribution in [-0.4, -0.2) is 40.7 Å². The summed E-state index contributed by atoms with van der Waals surface area (Å²) >= 11 is 6.05. The maximum Gasteiger partial charge on any atom is 0.369 e. The normalized spacial score (nSPS) is 11.4. The van der Waals surface area contributed by atoms with E-state index in [4.69, 9.17) is 16.7 Å². The van der Waals surface area contributed by atoms with Gasteiger partial charge in [-0.05, 0) is 46.7 Å². The smallest absolute Gasteiger partial charge is 0.354 e. The van der Waals surface area contributed by atoms with Crippen LogP contribution in [0.3, 0.4) is 0 Å². The Kier molecular flexibility index (Phi) is 6.11. The van der Waals surface area contributed by atoms with Gasteiger partial charge in [-0.1, -0.05) is 35.9 Å². The van der Waals surface area contributed by atoms with Gasteiger partial charge in [-0.2, -0.15) is 9.36 Å². The number of para-hydroxylation sites is 1. The quantitative estimate of drug-likeness (QED) is 0.537. The van der Waals surface area contributed by atoms with Gasteiger partial charge >= 0.3 is 5.69 Å². The van der Waals surface area contributed by atoms with E-state index in [1.54, 1.807) is 36.4 Å². The van der Waals surface area contributed by atoms with Crippen LogP contribution in [0.5, 0.6) is 0 Å². The number of hydrogen-bond donors (Lipinski definition) is 2. The van der Waals surface area contributed by atoms with Crippen LogP contribution < -0.4 is 16.1 Å². The number of primary sulfonamides is 1. The number of nitrogens with two attached hydrogens (primary N) is 1. The van der Waals surface area contributed by atoms with Crippen molar-refractivity contribution in [2.24, 2.45) is 5.14 Å². The second-order valence-corrected chi connectivity index (χ2v) is 8.04. The first kappa shape index (κ1) is 20.7. The molecule has 0 aliphatic carbocycles. The third-order valence-corrected chi connectivity index (χ3v) is 5.25. The van der Waals surface area contributed by atoms with Crippen molar-refractivity contribution in [3.8, 4) is 5.69 Å². The van der Waals surface area contributed by atoms with Crippen molar-refractivity contribution in [3.63, 3.8) is 0 Å². The minimum atomic E-state index is -3.74. The van der Waals surface area contributed by atoms with E-state index in [1.807, 2.05) is 0 Å². The number of hydrogen-bond acceptors (Lipinski definition) is 6. The molecule has 0 saturated heterocycles. The molecular formula is C17H17ClN6O4S. The van der Waals surface area contributed by atoms with Gasteiger partial charge in [0.15, 0.2) is 0 Å². The van der Waals surface area contributed by atoms with Crippen LogP contribution in [0.4, 0.5) is 0 Å². The average molecular weight is 437 g/mol. The van der Waals surface area contributed by atoms with E-state index in [1.165, 1.54) is 12.1 Å². The van der Waals surface area contributed by atoms with Crippen LogP contribution in [-0.2, 0) is 27.8 Å². The van der Waals surface area contributed by atoms with Gasteiger partial charge in [-0.15, -0.1) is 0 Å². The van der Waals surface area contributed by atoms with Crippen molar-refractivity contribution < 1.29 is 13.2 Å². The molecule has 12 heteroatoms. The van der Waals surface area contributed by atoms with Gasteiger partial charge in [-0.3, -0.25) is 4.79 Å². The van der Waals surface area contributed by atoms with Crippen molar-refractivity contribution in [2.75, 3.05) is 6.54 Å². The lowest BCUT2D eigenvalue weighted by Gasteiger charge is -2.05. The number of amides is 1. The number of sulfonamides is 1. The largest absolute Gasteiger partial charge is 0.369 e. The van der Waals surface area contributed by atoms with Crippen molar-refractivity contribution in [1.29, 1.82) is 0 Å². The predicted molar refractivity (Wildman–Crippen MR) is 105 cm³/mol. The first-order valence-electron chi connectivity index (χ1n) is 8.42. The summed E-state index contributed by atoms with van der Waals surface area (Å²) in [4.78, 5) is 24.5. The third kappa shape index (κ3) is 5.08. The standard InChI is InChI=1S/C17H17ClN6O4S/c18-14-3-1-2-4-15(14)24-17(26)23(21-22-24)11-16(25)20-10-9-12-5-7-13(8-6-12)29(19,27)28/h1-8H,9-11H2,(H,20,25)(H2,19,27,28). The van der Waals surface area contributed by atoms with E-state index in [0.29, 0.717) is 23.7 Å². The van der Waals surface area contributed by atoms with Gasteiger partial charge in [0.05, 0.1) is 15.6 Å². The van der Waals surface area contributed by atoms with Crippen LogP contribution in [0.1, 0.15) is 5.56 Å². The lowest BCUT2D eigenvalue weighted by Crippen LogP contribution is -2.34. The summed E-state index contributed by atoms with van der Waals surface area (Å²) in [6.07, 6.45) is 0.470. The molecule has 1 aromatic heterocycles. The Hall–Kier alpha value is -3.02. The molecule has 2 aromatic carbocycles. The molecule has 1 heterocycles. The Balaban J connectivity index is 1.57. The lowest BCUT2D eigenvalue weighted by atomic mass is 10.1. The number of rotatable bonds is 7. The maximum absolute atomic E-state index is 12.4. The van der Waals surface area contributed by atoms with Crippen molar-refractivity contribution in [3.05, 3.63) is 69.6 Å². The van der Waals surface area contributed by atoms with Crippen molar-refractivity contribution in [1.82, 2.24) is 25.1 Å². The summed E-state index contributed by atoms with van der Waals surface area (Å²) in [5.41, 5.74) is 0.597. The molecule has 0 radical (unpaired) electrons. The Bertz CT molecular complexity index is 1190. The molecular weight excluding hydrogens is 420 g/mol. The molecule has 0 unspecified atom stereocenters. The molecule has 0 atom stereocenters. The highest BCUT2D eigenvalue weighted by molar-refractivity contribution is 7.89. The van der Waals surface area contributed by atoms with Gasteiger partial charge in [0, 0.05) is 6.54 Å². The molecule has 0 saturated carbocycles. The fourth-order valence-electron chi connectivity index (χ4n) is 2.53. The second kappa shape index (κ2) is 8.55. The van der Waals surface area contributed by atoms with Gasteiger partial charge < -0.3 is 5.32 Å². The number of aromatic nitrogens is 4. The van der Waals surface area contributed by atoms with Gasteiger partial charge in [0.2, 0.25) is 15.9 Å². The fraction of sp³-hybridized carbons (Fsp3) is 0.176. The molecule has 10 nitrogen and oxygen atoms in total. The molecule has 3 aromatic rings. The van der Waals surface area contributed by atoms with E-state index in [2.05, 4.69) is 15.7 Å². The third-order valence-electron chi connectivity index (χ3n) is 4.00. The van der Waals surface area contributed by atoms with Gasteiger partial charge in [0.1, 0.15) is 6.54 Å². The lowest BCUT2D eigenvalue weighted by molar-refractivity contribution is -0.121. The van der Waals surface area contributed by atoms with Crippen LogP contribution >= 0.6 is 11.6 Å². The van der Waals surface area contributed by atoms with Crippen LogP contribution in [0.25, 0.3) is 5.69 Å². The summed E-state index contributed by atoms with van der Waals surface area (Å²) in [6, 6.07) is 12.7. The van der Waals surface area contributed by atoms with E-state index in [9.17, 15) is 18.0 Å². The molecule has 0 aliphatic heterocycles. The molecule has 3 N–H and O–H groups in total. The molecule has 0 fully saturated rings. The molecule has 0 aliphatic rings. The first-order chi connectivity index (χ1) is 13.8. The highest BCUT2D eigenvalue weighted by Crippen LogP contribution is 2.16. The number of nitrogens with one attached hydrogen (secondary N) is 1. The molecule has 152 valence electrons. The Morgan fingerprint density at radius 3 is 2.45 bits per heavy atom. The monoisotopic (exact) mass is 436 g/mol. The van der Waals surface area contributed by atoms with E-state index >= 15 is 0 Å². The van der Waals surface area contributed by atoms with E-state index < -0.39 is 21.6 Å². The Morgan fingerprint density at radius 1 is 1.10 bits per heavy atom. The number of benzene rings is 2. The summed E-state index contributed by atoms with van der Waals surface area (Å²) < 4.78 is 24.4. The van der Waals surface area contributed by atoms with Gasteiger partial charge in [0.25, 0.3) is 0 Å². The topological polar surface area (TPSA) is 142 Å². The molecule has 0 spiro atoms. The Morgan fingerprint density at radius 2 is 1.79 bits per heavy atom. The predicted octanol–water partition coefficient (Wildman–Crippen LogP) is 0.0887. The second-order valence-electron chi connectivity index (χ2n) is 6.07. The van der Waals surface area contributed by atoms with Crippen LogP contribution in [0.2, 0.25) is 5.02 Å². The summed E-state index contributed by atoms with van der Waals surface area (Å²) in [7, 11) is -3.74. The van der Waals surface area contributed by atoms with E-state index in [-0.39, 0.29) is 11.4 Å². The molecule has 1 amide bonds. The zero-order valence-corrected chi connectivity index (χ0v) is 16.6.